The molecule has 3 heteroatoms. The van der Waals surface area contributed by atoms with E-state index in [-0.39, 0.29) is 7.43 Å². The molecule has 0 saturated carbocycles. The molecule has 0 spiro atoms. The Morgan fingerprint density at radius 2 is 0.780 bits per heavy atom. The molecule has 6 aromatic rings. The van der Waals surface area contributed by atoms with Crippen LogP contribution in [0.1, 0.15) is 120 Å². The average Bonchev–Trinajstić information content (AvgIpc) is 3.99. The first-order valence-corrected chi connectivity index (χ1v) is 21.9. The molecule has 0 unspecified atom stereocenters. The van der Waals surface area contributed by atoms with Crippen molar-refractivity contribution in [3.63, 3.8) is 0 Å². The predicted molar refractivity (Wildman–Crippen MR) is 265 cm³/mol. The van der Waals surface area contributed by atoms with E-state index in [9.17, 15) is 15.3 Å². The van der Waals surface area contributed by atoms with E-state index in [1.54, 1.807) is 12.1 Å². The van der Waals surface area contributed by atoms with Crippen molar-refractivity contribution in [1.82, 2.24) is 0 Å². The predicted octanol–water partition coefficient (Wildman–Crippen LogP) is 17.4. The van der Waals surface area contributed by atoms with Crippen LogP contribution in [0.2, 0.25) is 0 Å². The summed E-state index contributed by atoms with van der Waals surface area (Å²) >= 11 is 0. The van der Waals surface area contributed by atoms with Crippen LogP contribution >= 0.6 is 0 Å². The third-order valence-electron chi connectivity index (χ3n) is 8.65. The smallest absolute Gasteiger partial charge is 0.123 e. The maximum absolute atomic E-state index is 9.84. The maximum Gasteiger partial charge on any atom is 0.123 e. The third kappa shape index (κ3) is 18.5. The van der Waals surface area contributed by atoms with E-state index in [0.29, 0.717) is 23.2 Å². The van der Waals surface area contributed by atoms with E-state index in [2.05, 4.69) is 96.2 Å². The van der Waals surface area contributed by atoms with E-state index in [1.165, 1.54) is 48.6 Å². The van der Waals surface area contributed by atoms with Crippen LogP contribution in [0, 0.1) is 11.8 Å². The number of rotatable bonds is 4. The molecule has 0 saturated heterocycles. The third-order valence-corrected chi connectivity index (χ3v) is 8.65. The second-order valence-electron chi connectivity index (χ2n) is 13.8. The largest absolute Gasteiger partial charge is 0.507 e. The SMILES string of the molecule is C.CC.CC.CCC.CCC.CCC.Oc1ccc(CC2C=CC=C2)c2ccccc12.Oc1ccc(CC2CC=CC2)c2ccccc12.Oc1cccc2ccccc12. The number of benzene rings is 6. The van der Waals surface area contributed by atoms with Gasteiger partial charge in [-0.25, -0.2) is 0 Å². The lowest BCUT2D eigenvalue weighted by Gasteiger charge is -2.12. The van der Waals surface area contributed by atoms with Gasteiger partial charge in [0.15, 0.2) is 0 Å². The van der Waals surface area contributed by atoms with Gasteiger partial charge in [-0.3, -0.25) is 0 Å². The number of allylic oxidation sites excluding steroid dienone is 6. The zero-order chi connectivity index (χ0) is 43.1. The molecule has 0 heterocycles. The Morgan fingerprint density at radius 3 is 1.22 bits per heavy atom. The van der Waals surface area contributed by atoms with Crippen molar-refractivity contribution in [2.45, 2.75) is 122 Å². The summed E-state index contributed by atoms with van der Waals surface area (Å²) in [5.41, 5.74) is 2.65. The van der Waals surface area contributed by atoms with Crippen LogP contribution in [-0.2, 0) is 12.8 Å². The zero-order valence-corrected chi connectivity index (χ0v) is 37.4. The van der Waals surface area contributed by atoms with Crippen LogP contribution in [0.3, 0.4) is 0 Å². The molecule has 59 heavy (non-hydrogen) atoms. The highest BCUT2D eigenvalue weighted by Gasteiger charge is 2.14. The van der Waals surface area contributed by atoms with E-state index in [0.717, 1.165) is 45.7 Å². The normalized spacial score (nSPS) is 11.8. The molecule has 2 aliphatic carbocycles. The van der Waals surface area contributed by atoms with E-state index in [1.807, 2.05) is 113 Å². The van der Waals surface area contributed by atoms with Crippen LogP contribution in [0.4, 0.5) is 0 Å². The van der Waals surface area contributed by atoms with Gasteiger partial charge in [0.2, 0.25) is 0 Å². The maximum atomic E-state index is 9.84. The van der Waals surface area contributed by atoms with E-state index >= 15 is 0 Å². The minimum Gasteiger partial charge on any atom is -0.507 e. The molecule has 0 atom stereocenters. The van der Waals surface area contributed by atoms with Gasteiger partial charge in [0, 0.05) is 16.2 Å². The molecule has 320 valence electrons. The summed E-state index contributed by atoms with van der Waals surface area (Å²) in [6, 6.07) is 37.1. The highest BCUT2D eigenvalue weighted by molar-refractivity contribution is 5.91. The Kier molecular flexibility index (Phi) is 29.7. The molecule has 0 amide bonds. The number of fused-ring (bicyclic) bond motifs is 3. The summed E-state index contributed by atoms with van der Waals surface area (Å²) in [4.78, 5) is 0. The van der Waals surface area contributed by atoms with Crippen molar-refractivity contribution in [2.75, 3.05) is 0 Å². The van der Waals surface area contributed by atoms with E-state index in [4.69, 9.17) is 0 Å². The Morgan fingerprint density at radius 1 is 0.424 bits per heavy atom. The van der Waals surface area contributed by atoms with Gasteiger partial charge in [-0.2, -0.15) is 0 Å². The molecule has 6 aromatic carbocycles. The van der Waals surface area contributed by atoms with Gasteiger partial charge in [-0.15, -0.1) is 0 Å². The van der Waals surface area contributed by atoms with Crippen molar-refractivity contribution in [3.05, 3.63) is 163 Å². The van der Waals surface area contributed by atoms with Gasteiger partial charge in [0.1, 0.15) is 17.2 Å². The summed E-state index contributed by atoms with van der Waals surface area (Å²) in [6.07, 6.45) is 21.4. The molecule has 3 N–H and O–H groups in total. The molecular formula is C56H78O3. The Balaban J connectivity index is 0.000000752. The minimum absolute atomic E-state index is 0. The van der Waals surface area contributed by atoms with Crippen LogP contribution in [-0.4, -0.2) is 15.3 Å². The second-order valence-corrected chi connectivity index (χ2v) is 13.8. The van der Waals surface area contributed by atoms with Crippen molar-refractivity contribution in [3.8, 4) is 17.2 Å². The van der Waals surface area contributed by atoms with Crippen LogP contribution in [0.15, 0.2) is 152 Å². The monoisotopic (exact) mass is 799 g/mol. The first kappa shape index (κ1) is 53.7. The average molecular weight is 799 g/mol. The fourth-order valence-corrected chi connectivity index (χ4v) is 6.27. The zero-order valence-electron chi connectivity index (χ0n) is 37.4. The summed E-state index contributed by atoms with van der Waals surface area (Å²) < 4.78 is 0. The van der Waals surface area contributed by atoms with Gasteiger partial charge >= 0.3 is 0 Å². The quantitative estimate of drug-likeness (QED) is 0.156. The number of phenolic OH excluding ortho intramolecular Hbond substituents is 3. The Hall–Kier alpha value is -5.28. The van der Waals surface area contributed by atoms with Crippen molar-refractivity contribution in [2.24, 2.45) is 11.8 Å². The number of phenols is 3. The van der Waals surface area contributed by atoms with Gasteiger partial charge in [-0.05, 0) is 83.0 Å². The van der Waals surface area contributed by atoms with Gasteiger partial charge < -0.3 is 15.3 Å². The van der Waals surface area contributed by atoms with Crippen LogP contribution < -0.4 is 0 Å². The number of aromatic hydroxyl groups is 3. The molecule has 3 nitrogen and oxygen atoms in total. The fourth-order valence-electron chi connectivity index (χ4n) is 6.27. The van der Waals surface area contributed by atoms with E-state index < -0.39 is 0 Å². The fraction of sp³-hybridized carbons (Fsp3) is 0.357. The highest BCUT2D eigenvalue weighted by atomic mass is 16.3. The molecule has 0 aromatic heterocycles. The number of hydrogen-bond donors (Lipinski definition) is 3. The van der Waals surface area contributed by atoms with Crippen LogP contribution in [0.5, 0.6) is 17.2 Å². The standard InChI is InChI=1S/C16H16O.C16H14O.C10H8O.3C3H8.2C2H6.CH4/c2*17-16-10-9-13(11-12-5-1-2-6-12)14-7-3-4-8-15(14)16;11-10-7-3-5-8-4-1-2-6-9(8)10;3*1-3-2;2*1-2;/h1-4,7-10,12,17H,5-6,11H2;1-10,12,17H,11H2;1-7,11H;3*3H2,1-2H3;2*1-2H3;1H4. The Labute approximate surface area is 359 Å². The lowest BCUT2D eigenvalue weighted by atomic mass is 9.93. The van der Waals surface area contributed by atoms with Crippen molar-refractivity contribution < 1.29 is 15.3 Å². The van der Waals surface area contributed by atoms with Gasteiger partial charge in [-0.1, -0.05) is 229 Å². The molecule has 8 rings (SSSR count). The Bertz CT molecular complexity index is 2040. The lowest BCUT2D eigenvalue weighted by Crippen LogP contribution is -1.99. The second kappa shape index (κ2) is 32.7. The van der Waals surface area contributed by atoms with Crippen molar-refractivity contribution in [1.29, 1.82) is 0 Å². The lowest BCUT2D eigenvalue weighted by molar-refractivity contribution is 0.481. The molecule has 0 bridgehead atoms. The summed E-state index contributed by atoms with van der Waals surface area (Å²) in [5, 5.41) is 35.3. The summed E-state index contributed by atoms with van der Waals surface area (Å²) in [5.74, 6) is 2.32. The molecular weight excluding hydrogens is 721 g/mol. The molecule has 0 radical (unpaired) electrons. The van der Waals surface area contributed by atoms with Gasteiger partial charge in [0.25, 0.3) is 0 Å². The molecule has 0 fully saturated rings. The number of hydrogen-bond acceptors (Lipinski definition) is 3. The summed E-state index contributed by atoms with van der Waals surface area (Å²) in [7, 11) is 0. The first-order valence-electron chi connectivity index (χ1n) is 21.9. The highest BCUT2D eigenvalue weighted by Crippen LogP contribution is 2.32. The van der Waals surface area contributed by atoms with Crippen LogP contribution in [0.25, 0.3) is 32.3 Å². The molecule has 0 aliphatic heterocycles. The topological polar surface area (TPSA) is 60.7 Å². The summed E-state index contributed by atoms with van der Waals surface area (Å²) in [6.45, 7) is 20.8. The first-order chi connectivity index (χ1) is 28.3. The van der Waals surface area contributed by atoms with Gasteiger partial charge in [0.05, 0.1) is 0 Å². The van der Waals surface area contributed by atoms with Crippen molar-refractivity contribution >= 4 is 32.3 Å². The minimum atomic E-state index is 0. The molecule has 2 aliphatic rings.